The first kappa shape index (κ1) is 15.5. The number of carbonyl (C=O) groups is 1. The Hall–Kier alpha value is -2.43. The first-order chi connectivity index (χ1) is 10.8. The van der Waals surface area contributed by atoms with Crippen molar-refractivity contribution in [3.63, 3.8) is 0 Å². The number of fused-ring (bicyclic) bond motifs is 1. The molecule has 2 N–H and O–H groups in total. The Morgan fingerprint density at radius 2 is 2.00 bits per heavy atom. The van der Waals surface area contributed by atoms with Gasteiger partial charge in [0.15, 0.2) is 0 Å². The van der Waals surface area contributed by atoms with Gasteiger partial charge in [0, 0.05) is 36.0 Å². The summed E-state index contributed by atoms with van der Waals surface area (Å²) in [6, 6.07) is 10.0. The van der Waals surface area contributed by atoms with Crippen LogP contribution in [0.15, 0.2) is 36.4 Å². The van der Waals surface area contributed by atoms with Gasteiger partial charge in [0.1, 0.15) is 0 Å². The number of amides is 1. The average molecular weight is 316 g/mol. The number of alkyl halides is 2. The molecule has 2 aromatic rings. The van der Waals surface area contributed by atoms with E-state index in [-0.39, 0.29) is 11.5 Å². The van der Waals surface area contributed by atoms with Crippen LogP contribution in [0, 0.1) is 6.92 Å². The van der Waals surface area contributed by atoms with E-state index in [1.807, 2.05) is 6.07 Å². The molecule has 3 rings (SSSR count). The lowest BCUT2D eigenvalue weighted by atomic mass is 10.0. The topological polar surface area (TPSA) is 41.1 Å². The Morgan fingerprint density at radius 1 is 1.22 bits per heavy atom. The van der Waals surface area contributed by atoms with Gasteiger partial charge in [-0.05, 0) is 48.7 Å². The Balaban J connectivity index is 1.83. The Bertz CT molecular complexity index is 766. The number of rotatable bonds is 3. The number of halogens is 2. The number of anilines is 2. The third-order valence-electron chi connectivity index (χ3n) is 4.05. The van der Waals surface area contributed by atoms with E-state index in [2.05, 4.69) is 10.6 Å². The normalized spacial score (nSPS) is 13.4. The number of carbonyl (C=O) groups excluding carboxylic acids is 1. The summed E-state index contributed by atoms with van der Waals surface area (Å²) in [4.78, 5) is 12.3. The van der Waals surface area contributed by atoms with Crippen LogP contribution in [0.3, 0.4) is 0 Å². The predicted octanol–water partition coefficient (Wildman–Crippen LogP) is 4.33. The number of aryl methyl sites for hydroxylation is 1. The number of hydrogen-bond donors (Lipinski definition) is 2. The van der Waals surface area contributed by atoms with Crippen LogP contribution in [0.2, 0.25) is 0 Å². The molecule has 3 nitrogen and oxygen atoms in total. The lowest BCUT2D eigenvalue weighted by Crippen LogP contribution is -2.14. The molecule has 0 bridgehead atoms. The van der Waals surface area contributed by atoms with Crippen molar-refractivity contribution in [1.29, 1.82) is 0 Å². The molecule has 1 aliphatic heterocycles. The highest BCUT2D eigenvalue weighted by Crippen LogP contribution is 2.32. The van der Waals surface area contributed by atoms with Gasteiger partial charge in [-0.2, -0.15) is 0 Å². The molecule has 2 aromatic carbocycles. The van der Waals surface area contributed by atoms with Gasteiger partial charge in [0.25, 0.3) is 11.8 Å². The number of nitrogens with one attached hydrogen (secondary N) is 2. The van der Waals surface area contributed by atoms with Crippen LogP contribution in [-0.2, 0) is 12.3 Å². The van der Waals surface area contributed by atoms with Crippen molar-refractivity contribution in [2.75, 3.05) is 17.2 Å². The fourth-order valence-electron chi connectivity index (χ4n) is 2.81. The quantitative estimate of drug-likeness (QED) is 0.885. The summed E-state index contributed by atoms with van der Waals surface area (Å²) in [5.41, 5.74) is 3.43. The molecule has 0 spiro atoms. The highest BCUT2D eigenvalue weighted by atomic mass is 19.3. The van der Waals surface area contributed by atoms with Gasteiger partial charge in [-0.25, -0.2) is 8.78 Å². The zero-order valence-electron chi connectivity index (χ0n) is 13.0. The first-order valence-electron chi connectivity index (χ1n) is 7.52. The number of benzene rings is 2. The van der Waals surface area contributed by atoms with Crippen LogP contribution in [0.5, 0.6) is 0 Å². The fourth-order valence-corrected chi connectivity index (χ4v) is 2.81. The van der Waals surface area contributed by atoms with Crippen LogP contribution >= 0.6 is 0 Å². The standard InChI is InChI=1S/C18H18F2N2O/c1-11-3-6-14(10-15(11)18(2,19)20)22-17(23)13-5-4-12-7-8-21-16(12)9-13/h3-6,9-10,21H,7-8H2,1-2H3,(H,22,23). The molecule has 0 aliphatic carbocycles. The van der Waals surface area contributed by atoms with Gasteiger partial charge in [-0.3, -0.25) is 4.79 Å². The minimum absolute atomic E-state index is 0.0779. The van der Waals surface area contributed by atoms with Crippen LogP contribution < -0.4 is 10.6 Å². The maximum atomic E-state index is 13.6. The summed E-state index contributed by atoms with van der Waals surface area (Å²) in [6.07, 6.45) is 0.949. The van der Waals surface area contributed by atoms with Gasteiger partial charge >= 0.3 is 0 Å². The summed E-state index contributed by atoms with van der Waals surface area (Å²) in [5.74, 6) is -3.25. The molecule has 0 unspecified atom stereocenters. The summed E-state index contributed by atoms with van der Waals surface area (Å²) >= 11 is 0. The monoisotopic (exact) mass is 316 g/mol. The summed E-state index contributed by atoms with van der Waals surface area (Å²) in [6.45, 7) is 3.35. The Kier molecular flexibility index (Phi) is 3.80. The molecule has 0 radical (unpaired) electrons. The van der Waals surface area contributed by atoms with E-state index in [1.165, 1.54) is 11.6 Å². The lowest BCUT2D eigenvalue weighted by molar-refractivity contribution is 0.0168. The molecule has 23 heavy (non-hydrogen) atoms. The van der Waals surface area contributed by atoms with E-state index in [4.69, 9.17) is 0 Å². The molecular weight excluding hydrogens is 298 g/mol. The molecule has 5 heteroatoms. The second-order valence-electron chi connectivity index (χ2n) is 5.92. The minimum Gasteiger partial charge on any atom is -0.384 e. The van der Waals surface area contributed by atoms with E-state index in [9.17, 15) is 13.6 Å². The highest BCUT2D eigenvalue weighted by molar-refractivity contribution is 6.05. The summed E-state index contributed by atoms with van der Waals surface area (Å²) < 4.78 is 27.2. The zero-order valence-corrected chi connectivity index (χ0v) is 13.0. The molecule has 1 aliphatic rings. The molecule has 0 saturated heterocycles. The SMILES string of the molecule is Cc1ccc(NC(=O)c2ccc3c(c2)NCC3)cc1C(C)(F)F. The number of hydrogen-bond acceptors (Lipinski definition) is 2. The first-order valence-corrected chi connectivity index (χ1v) is 7.52. The van der Waals surface area contributed by atoms with Gasteiger partial charge in [0.05, 0.1) is 0 Å². The maximum Gasteiger partial charge on any atom is 0.270 e. The van der Waals surface area contributed by atoms with Crippen molar-refractivity contribution >= 4 is 17.3 Å². The van der Waals surface area contributed by atoms with Gasteiger partial charge in [0.2, 0.25) is 0 Å². The van der Waals surface area contributed by atoms with Crippen molar-refractivity contribution in [2.24, 2.45) is 0 Å². The smallest absolute Gasteiger partial charge is 0.270 e. The van der Waals surface area contributed by atoms with Crippen molar-refractivity contribution in [3.8, 4) is 0 Å². The minimum atomic E-state index is -2.94. The molecule has 0 atom stereocenters. The van der Waals surface area contributed by atoms with E-state index in [0.717, 1.165) is 25.6 Å². The third-order valence-corrected chi connectivity index (χ3v) is 4.05. The van der Waals surface area contributed by atoms with Crippen LogP contribution in [0.4, 0.5) is 20.2 Å². The van der Waals surface area contributed by atoms with E-state index >= 15 is 0 Å². The van der Waals surface area contributed by atoms with Crippen LogP contribution in [0.25, 0.3) is 0 Å². The van der Waals surface area contributed by atoms with E-state index in [0.29, 0.717) is 16.8 Å². The van der Waals surface area contributed by atoms with E-state index < -0.39 is 5.92 Å². The Morgan fingerprint density at radius 3 is 2.74 bits per heavy atom. The van der Waals surface area contributed by atoms with Crippen LogP contribution in [0.1, 0.15) is 34.0 Å². The second kappa shape index (κ2) is 5.65. The highest BCUT2D eigenvalue weighted by Gasteiger charge is 2.26. The van der Waals surface area contributed by atoms with Crippen molar-refractivity contribution in [2.45, 2.75) is 26.2 Å². The molecule has 0 fully saturated rings. The van der Waals surface area contributed by atoms with Crippen LogP contribution in [-0.4, -0.2) is 12.5 Å². The fraction of sp³-hybridized carbons (Fsp3) is 0.278. The molecular formula is C18H18F2N2O. The zero-order chi connectivity index (χ0) is 16.6. The lowest BCUT2D eigenvalue weighted by Gasteiger charge is -2.15. The molecule has 0 aromatic heterocycles. The molecule has 1 heterocycles. The van der Waals surface area contributed by atoms with Crippen molar-refractivity contribution in [3.05, 3.63) is 58.7 Å². The largest absolute Gasteiger partial charge is 0.384 e. The van der Waals surface area contributed by atoms with E-state index in [1.54, 1.807) is 31.2 Å². The van der Waals surface area contributed by atoms with Crippen molar-refractivity contribution < 1.29 is 13.6 Å². The summed E-state index contributed by atoms with van der Waals surface area (Å²) in [5, 5.41) is 5.91. The molecule has 120 valence electrons. The van der Waals surface area contributed by atoms with Crippen molar-refractivity contribution in [1.82, 2.24) is 0 Å². The maximum absolute atomic E-state index is 13.6. The van der Waals surface area contributed by atoms with Gasteiger partial charge in [-0.15, -0.1) is 0 Å². The molecule has 1 amide bonds. The Labute approximate surface area is 133 Å². The third kappa shape index (κ3) is 3.18. The molecule has 0 saturated carbocycles. The summed E-state index contributed by atoms with van der Waals surface area (Å²) in [7, 11) is 0. The van der Waals surface area contributed by atoms with Gasteiger partial charge in [-0.1, -0.05) is 12.1 Å². The second-order valence-corrected chi connectivity index (χ2v) is 5.92. The van der Waals surface area contributed by atoms with Gasteiger partial charge < -0.3 is 10.6 Å². The average Bonchev–Trinajstić information content (AvgIpc) is 2.95. The predicted molar refractivity (Wildman–Crippen MR) is 87.3 cm³/mol.